The summed E-state index contributed by atoms with van der Waals surface area (Å²) < 4.78 is 5.80. The number of benzene rings is 2. The second-order valence-electron chi connectivity index (χ2n) is 5.04. The largest absolute Gasteiger partial charge is 0.489 e. The Labute approximate surface area is 145 Å². The van der Waals surface area contributed by atoms with E-state index in [0.717, 1.165) is 16.9 Å². The minimum atomic E-state index is 0.423. The van der Waals surface area contributed by atoms with E-state index >= 15 is 0 Å². The summed E-state index contributed by atoms with van der Waals surface area (Å²) in [4.78, 5) is 4.14. The standard InChI is InChI=1S/C19H16ClN3O/c20-18-9-2-1-7-16(18)14-24-17-8-5-6-15(12-17)13-22-23-19-10-3-4-11-21-19/h1-13H,14H2,(H,21,23). The fraction of sp³-hybridized carbons (Fsp3) is 0.0526. The molecule has 3 aromatic rings. The van der Waals surface area contributed by atoms with Gasteiger partial charge >= 0.3 is 0 Å². The van der Waals surface area contributed by atoms with E-state index in [1.807, 2.05) is 66.7 Å². The lowest BCUT2D eigenvalue weighted by Crippen LogP contribution is -1.97. The zero-order chi connectivity index (χ0) is 16.6. The number of anilines is 1. The number of nitrogens with one attached hydrogen (secondary N) is 1. The molecule has 0 aliphatic carbocycles. The van der Waals surface area contributed by atoms with Crippen LogP contribution in [0, 0.1) is 0 Å². The van der Waals surface area contributed by atoms with Crippen molar-refractivity contribution in [3.63, 3.8) is 0 Å². The topological polar surface area (TPSA) is 46.5 Å². The molecule has 0 atom stereocenters. The summed E-state index contributed by atoms with van der Waals surface area (Å²) in [6.45, 7) is 0.423. The van der Waals surface area contributed by atoms with Gasteiger partial charge in [-0.05, 0) is 35.9 Å². The molecule has 2 aromatic carbocycles. The highest BCUT2D eigenvalue weighted by atomic mass is 35.5. The van der Waals surface area contributed by atoms with Gasteiger partial charge in [0.15, 0.2) is 0 Å². The molecule has 0 aliphatic heterocycles. The van der Waals surface area contributed by atoms with Gasteiger partial charge in [-0.2, -0.15) is 5.10 Å². The molecule has 120 valence electrons. The molecule has 0 bridgehead atoms. The van der Waals surface area contributed by atoms with Crippen molar-refractivity contribution in [2.75, 3.05) is 5.43 Å². The van der Waals surface area contributed by atoms with Gasteiger partial charge in [-0.25, -0.2) is 4.98 Å². The van der Waals surface area contributed by atoms with Gasteiger partial charge in [-0.15, -0.1) is 0 Å². The molecule has 5 heteroatoms. The molecule has 0 saturated heterocycles. The van der Waals surface area contributed by atoms with Gasteiger partial charge in [-0.1, -0.05) is 48.0 Å². The highest BCUT2D eigenvalue weighted by Crippen LogP contribution is 2.19. The van der Waals surface area contributed by atoms with Crippen molar-refractivity contribution in [3.05, 3.63) is 89.1 Å². The Balaban J connectivity index is 1.60. The van der Waals surface area contributed by atoms with Crippen molar-refractivity contribution < 1.29 is 4.74 Å². The molecule has 1 aromatic heterocycles. The van der Waals surface area contributed by atoms with Gasteiger partial charge in [0.05, 0.1) is 6.21 Å². The van der Waals surface area contributed by atoms with Crippen LogP contribution in [0.1, 0.15) is 11.1 Å². The lowest BCUT2D eigenvalue weighted by atomic mass is 10.2. The van der Waals surface area contributed by atoms with Crippen LogP contribution in [0.15, 0.2) is 78.0 Å². The fourth-order valence-electron chi connectivity index (χ4n) is 2.06. The maximum atomic E-state index is 6.13. The molecule has 0 amide bonds. The number of ether oxygens (including phenoxy) is 1. The average Bonchev–Trinajstić information content (AvgIpc) is 2.62. The lowest BCUT2D eigenvalue weighted by Gasteiger charge is -2.08. The number of halogens is 1. The first kappa shape index (κ1) is 16.0. The summed E-state index contributed by atoms with van der Waals surface area (Å²) in [5.74, 6) is 1.46. The predicted octanol–water partition coefficient (Wildman–Crippen LogP) is 4.76. The van der Waals surface area contributed by atoms with E-state index in [1.165, 1.54) is 0 Å². The predicted molar refractivity (Wildman–Crippen MR) is 97.7 cm³/mol. The van der Waals surface area contributed by atoms with Gasteiger partial charge in [0.2, 0.25) is 0 Å². The summed E-state index contributed by atoms with van der Waals surface area (Å²) in [5, 5.41) is 4.87. The Hall–Kier alpha value is -2.85. The normalized spacial score (nSPS) is 10.7. The highest BCUT2D eigenvalue weighted by Gasteiger charge is 2.01. The fourth-order valence-corrected chi connectivity index (χ4v) is 2.25. The number of hydrazone groups is 1. The van der Waals surface area contributed by atoms with E-state index in [1.54, 1.807) is 12.4 Å². The van der Waals surface area contributed by atoms with Crippen molar-refractivity contribution in [3.8, 4) is 5.75 Å². The van der Waals surface area contributed by atoms with Crippen molar-refractivity contribution in [2.24, 2.45) is 5.10 Å². The van der Waals surface area contributed by atoms with Crippen LogP contribution < -0.4 is 10.2 Å². The van der Waals surface area contributed by atoms with Crippen LogP contribution >= 0.6 is 11.6 Å². The van der Waals surface area contributed by atoms with Gasteiger partial charge in [-0.3, -0.25) is 5.43 Å². The summed E-state index contributed by atoms with van der Waals surface area (Å²) >= 11 is 6.13. The molecule has 4 nitrogen and oxygen atoms in total. The van der Waals surface area contributed by atoms with Crippen LogP contribution in [0.5, 0.6) is 5.75 Å². The Morgan fingerprint density at radius 2 is 1.92 bits per heavy atom. The minimum absolute atomic E-state index is 0.423. The lowest BCUT2D eigenvalue weighted by molar-refractivity contribution is 0.306. The summed E-state index contributed by atoms with van der Waals surface area (Å²) in [7, 11) is 0. The van der Waals surface area contributed by atoms with Crippen LogP contribution in [0.25, 0.3) is 0 Å². The third-order valence-corrected chi connectivity index (χ3v) is 3.64. The Kier molecular flexibility index (Phi) is 5.43. The van der Waals surface area contributed by atoms with E-state index < -0.39 is 0 Å². The number of pyridine rings is 1. The van der Waals surface area contributed by atoms with Crippen molar-refractivity contribution in [1.82, 2.24) is 4.98 Å². The van der Waals surface area contributed by atoms with Crippen molar-refractivity contribution in [1.29, 1.82) is 0 Å². The second-order valence-corrected chi connectivity index (χ2v) is 5.44. The summed E-state index contributed by atoms with van der Waals surface area (Å²) in [5.41, 5.74) is 4.76. The van der Waals surface area contributed by atoms with Crippen LogP contribution in [0.3, 0.4) is 0 Å². The second kappa shape index (κ2) is 8.13. The maximum Gasteiger partial charge on any atom is 0.146 e. The average molecular weight is 338 g/mol. The van der Waals surface area contributed by atoms with Crippen molar-refractivity contribution in [2.45, 2.75) is 6.61 Å². The molecule has 0 fully saturated rings. The quantitative estimate of drug-likeness (QED) is 0.521. The Morgan fingerprint density at radius 3 is 2.75 bits per heavy atom. The Bertz CT molecular complexity index is 822. The van der Waals surface area contributed by atoms with E-state index in [9.17, 15) is 0 Å². The molecule has 0 saturated carbocycles. The number of hydrogen-bond acceptors (Lipinski definition) is 4. The SMILES string of the molecule is Clc1ccccc1COc1cccc(C=NNc2ccccn2)c1. The molecule has 1 N–H and O–H groups in total. The van der Waals surface area contributed by atoms with Gasteiger partial charge in [0, 0.05) is 16.8 Å². The van der Waals surface area contributed by atoms with Crippen molar-refractivity contribution >= 4 is 23.6 Å². The van der Waals surface area contributed by atoms with Gasteiger partial charge in [0.25, 0.3) is 0 Å². The van der Waals surface area contributed by atoms with Crippen LogP contribution in [0.2, 0.25) is 5.02 Å². The molecular formula is C19H16ClN3O. The molecule has 0 spiro atoms. The number of hydrogen-bond donors (Lipinski definition) is 1. The first-order valence-corrected chi connectivity index (χ1v) is 7.85. The summed E-state index contributed by atoms with van der Waals surface area (Å²) in [6, 6.07) is 20.9. The Morgan fingerprint density at radius 1 is 1.04 bits per heavy atom. The van der Waals surface area contributed by atoms with Crippen LogP contribution in [0.4, 0.5) is 5.82 Å². The number of rotatable bonds is 6. The molecule has 24 heavy (non-hydrogen) atoms. The van der Waals surface area contributed by atoms with E-state index in [0.29, 0.717) is 17.4 Å². The molecule has 0 unspecified atom stereocenters. The first-order chi connectivity index (χ1) is 11.8. The third-order valence-electron chi connectivity index (χ3n) is 3.27. The highest BCUT2D eigenvalue weighted by molar-refractivity contribution is 6.31. The van der Waals surface area contributed by atoms with E-state index in [-0.39, 0.29) is 0 Å². The monoisotopic (exact) mass is 337 g/mol. The summed E-state index contributed by atoms with van der Waals surface area (Å²) in [6.07, 6.45) is 3.43. The van der Waals surface area contributed by atoms with Gasteiger partial charge < -0.3 is 4.74 Å². The minimum Gasteiger partial charge on any atom is -0.489 e. The molecule has 3 rings (SSSR count). The first-order valence-electron chi connectivity index (χ1n) is 7.48. The zero-order valence-corrected chi connectivity index (χ0v) is 13.6. The molecule has 1 heterocycles. The molecule has 0 radical (unpaired) electrons. The smallest absolute Gasteiger partial charge is 0.146 e. The number of nitrogens with zero attached hydrogens (tertiary/aromatic N) is 2. The van der Waals surface area contributed by atoms with E-state index in [4.69, 9.17) is 16.3 Å². The maximum absolute atomic E-state index is 6.13. The zero-order valence-electron chi connectivity index (χ0n) is 12.9. The van der Waals surface area contributed by atoms with Crippen LogP contribution in [-0.4, -0.2) is 11.2 Å². The third kappa shape index (κ3) is 4.57. The van der Waals surface area contributed by atoms with E-state index in [2.05, 4.69) is 15.5 Å². The molecular weight excluding hydrogens is 322 g/mol. The van der Waals surface area contributed by atoms with Gasteiger partial charge in [0.1, 0.15) is 18.2 Å². The van der Waals surface area contributed by atoms with Crippen LogP contribution in [-0.2, 0) is 6.61 Å². The number of aromatic nitrogens is 1. The molecule has 0 aliphatic rings.